The fourth-order valence-electron chi connectivity index (χ4n) is 2.03. The Kier molecular flexibility index (Phi) is 4.28. The molecule has 21 heavy (non-hydrogen) atoms. The van der Waals surface area contributed by atoms with Crippen LogP contribution in [-0.2, 0) is 0 Å². The number of nitrogens with two attached hydrogens (primary N) is 1. The Morgan fingerprint density at radius 2 is 2.05 bits per heavy atom. The predicted octanol–water partition coefficient (Wildman–Crippen LogP) is 3.42. The standard InChI is InChI=1S/C14H15ClN4O2/c1-9(11-5-3-4-6-12(11)15)18(2)14-8-10(19(20)21)7-13(16)17-14/h3-9H,1-2H3,(H2,16,17). The minimum Gasteiger partial charge on any atom is -0.383 e. The quantitative estimate of drug-likeness (QED) is 0.691. The number of nitrogen functional groups attached to an aromatic ring is 1. The Morgan fingerprint density at radius 1 is 1.38 bits per heavy atom. The van der Waals surface area contributed by atoms with E-state index in [-0.39, 0.29) is 17.5 Å². The molecule has 0 amide bonds. The van der Waals surface area contributed by atoms with Crippen molar-refractivity contribution in [3.05, 3.63) is 57.1 Å². The van der Waals surface area contributed by atoms with E-state index in [0.717, 1.165) is 5.56 Å². The molecule has 7 heteroatoms. The average molecular weight is 307 g/mol. The van der Waals surface area contributed by atoms with Crippen LogP contribution in [0, 0.1) is 10.1 Å². The van der Waals surface area contributed by atoms with E-state index in [9.17, 15) is 10.1 Å². The third kappa shape index (κ3) is 3.22. The van der Waals surface area contributed by atoms with Crippen molar-refractivity contribution in [2.45, 2.75) is 13.0 Å². The van der Waals surface area contributed by atoms with Gasteiger partial charge in [-0.15, -0.1) is 0 Å². The van der Waals surface area contributed by atoms with Gasteiger partial charge in [-0.3, -0.25) is 10.1 Å². The number of hydrogen-bond acceptors (Lipinski definition) is 5. The smallest absolute Gasteiger partial charge is 0.276 e. The molecule has 1 unspecified atom stereocenters. The van der Waals surface area contributed by atoms with Crippen LogP contribution in [0.2, 0.25) is 5.02 Å². The monoisotopic (exact) mass is 306 g/mol. The Balaban J connectivity index is 2.38. The van der Waals surface area contributed by atoms with E-state index in [1.54, 1.807) is 18.0 Å². The Labute approximate surface area is 127 Å². The van der Waals surface area contributed by atoms with Crippen molar-refractivity contribution < 1.29 is 4.92 Å². The van der Waals surface area contributed by atoms with Crippen molar-refractivity contribution in [3.63, 3.8) is 0 Å². The number of pyridine rings is 1. The van der Waals surface area contributed by atoms with E-state index >= 15 is 0 Å². The fraction of sp³-hybridized carbons (Fsp3) is 0.214. The van der Waals surface area contributed by atoms with Gasteiger partial charge >= 0.3 is 0 Å². The van der Waals surface area contributed by atoms with Crippen molar-refractivity contribution in [1.82, 2.24) is 4.98 Å². The Morgan fingerprint density at radius 3 is 2.67 bits per heavy atom. The number of aromatic nitrogens is 1. The second-order valence-electron chi connectivity index (χ2n) is 4.67. The molecule has 0 radical (unpaired) electrons. The summed E-state index contributed by atoms with van der Waals surface area (Å²) in [6.45, 7) is 1.94. The lowest BCUT2D eigenvalue weighted by molar-refractivity contribution is -0.384. The molecule has 2 rings (SSSR count). The fourth-order valence-corrected chi connectivity index (χ4v) is 2.32. The van der Waals surface area contributed by atoms with Crippen LogP contribution in [0.25, 0.3) is 0 Å². The highest BCUT2D eigenvalue weighted by molar-refractivity contribution is 6.31. The molecule has 0 spiro atoms. The van der Waals surface area contributed by atoms with Crippen LogP contribution in [0.4, 0.5) is 17.3 Å². The average Bonchev–Trinajstić information content (AvgIpc) is 2.45. The minimum absolute atomic E-state index is 0.0873. The van der Waals surface area contributed by atoms with Crippen LogP contribution in [-0.4, -0.2) is 17.0 Å². The van der Waals surface area contributed by atoms with Crippen molar-refractivity contribution in [3.8, 4) is 0 Å². The van der Waals surface area contributed by atoms with Gasteiger partial charge in [0.15, 0.2) is 0 Å². The van der Waals surface area contributed by atoms with Crippen molar-refractivity contribution in [2.75, 3.05) is 17.7 Å². The molecule has 2 N–H and O–H groups in total. The highest BCUT2D eigenvalue weighted by Crippen LogP contribution is 2.31. The summed E-state index contributed by atoms with van der Waals surface area (Å²) in [5.41, 5.74) is 6.46. The molecule has 1 aromatic carbocycles. The van der Waals surface area contributed by atoms with Gasteiger partial charge in [0.1, 0.15) is 11.6 Å². The van der Waals surface area contributed by atoms with E-state index in [1.165, 1.54) is 12.1 Å². The van der Waals surface area contributed by atoms with Crippen molar-refractivity contribution >= 4 is 28.9 Å². The summed E-state index contributed by atoms with van der Waals surface area (Å²) in [4.78, 5) is 16.4. The number of anilines is 2. The third-order valence-electron chi connectivity index (χ3n) is 3.32. The molecule has 1 aromatic heterocycles. The lowest BCUT2D eigenvalue weighted by Gasteiger charge is -2.27. The van der Waals surface area contributed by atoms with Gasteiger partial charge in [-0.1, -0.05) is 29.8 Å². The van der Waals surface area contributed by atoms with Gasteiger partial charge in [0.05, 0.1) is 23.1 Å². The number of hydrogen-bond donors (Lipinski definition) is 1. The largest absolute Gasteiger partial charge is 0.383 e. The second-order valence-corrected chi connectivity index (χ2v) is 5.08. The van der Waals surface area contributed by atoms with Gasteiger partial charge in [0.25, 0.3) is 5.69 Å². The lowest BCUT2D eigenvalue weighted by Crippen LogP contribution is -2.23. The van der Waals surface area contributed by atoms with Crippen LogP contribution in [0.15, 0.2) is 36.4 Å². The summed E-state index contributed by atoms with van der Waals surface area (Å²) in [7, 11) is 1.79. The summed E-state index contributed by atoms with van der Waals surface area (Å²) in [5.74, 6) is 0.534. The van der Waals surface area contributed by atoms with Crippen LogP contribution in [0.3, 0.4) is 0 Å². The van der Waals surface area contributed by atoms with E-state index in [2.05, 4.69) is 4.98 Å². The summed E-state index contributed by atoms with van der Waals surface area (Å²) in [5, 5.41) is 11.5. The molecule has 2 aromatic rings. The number of halogens is 1. The summed E-state index contributed by atoms with van der Waals surface area (Å²) in [6, 6.07) is 9.97. The van der Waals surface area contributed by atoms with Gasteiger partial charge in [-0.2, -0.15) is 0 Å². The van der Waals surface area contributed by atoms with E-state index in [1.807, 2.05) is 25.1 Å². The van der Waals surface area contributed by atoms with Crippen LogP contribution in [0.1, 0.15) is 18.5 Å². The molecule has 0 aliphatic heterocycles. The molecular weight excluding hydrogens is 292 g/mol. The molecule has 0 saturated heterocycles. The minimum atomic E-state index is -0.491. The zero-order chi connectivity index (χ0) is 15.6. The maximum atomic E-state index is 10.9. The molecule has 0 bridgehead atoms. The number of rotatable bonds is 4. The number of nitrogens with zero attached hydrogens (tertiary/aromatic N) is 3. The van der Waals surface area contributed by atoms with Crippen LogP contribution in [0.5, 0.6) is 0 Å². The van der Waals surface area contributed by atoms with Gasteiger partial charge in [-0.25, -0.2) is 4.98 Å². The first-order chi connectivity index (χ1) is 9.90. The van der Waals surface area contributed by atoms with Gasteiger partial charge < -0.3 is 10.6 Å². The van der Waals surface area contributed by atoms with Gasteiger partial charge in [-0.05, 0) is 18.6 Å². The molecule has 6 nitrogen and oxygen atoms in total. The molecule has 0 fully saturated rings. The highest BCUT2D eigenvalue weighted by atomic mass is 35.5. The number of benzene rings is 1. The molecule has 110 valence electrons. The van der Waals surface area contributed by atoms with E-state index < -0.39 is 4.92 Å². The first kappa shape index (κ1) is 15.1. The lowest BCUT2D eigenvalue weighted by atomic mass is 10.1. The first-order valence-electron chi connectivity index (χ1n) is 6.29. The maximum absolute atomic E-state index is 10.9. The SMILES string of the molecule is CC(c1ccccc1Cl)N(C)c1cc([N+](=O)[O-])cc(N)n1. The zero-order valence-electron chi connectivity index (χ0n) is 11.7. The molecule has 1 atom stereocenters. The van der Waals surface area contributed by atoms with E-state index in [0.29, 0.717) is 10.8 Å². The van der Waals surface area contributed by atoms with E-state index in [4.69, 9.17) is 17.3 Å². The van der Waals surface area contributed by atoms with Crippen LogP contribution >= 0.6 is 11.6 Å². The summed E-state index contributed by atoms with van der Waals surface area (Å²) < 4.78 is 0. The van der Waals surface area contributed by atoms with Gasteiger partial charge in [0, 0.05) is 12.1 Å². The Bertz CT molecular complexity index is 678. The number of nitro groups is 1. The maximum Gasteiger partial charge on any atom is 0.276 e. The van der Waals surface area contributed by atoms with Crippen molar-refractivity contribution in [1.29, 1.82) is 0 Å². The molecule has 1 heterocycles. The first-order valence-corrected chi connectivity index (χ1v) is 6.67. The molecular formula is C14H15ClN4O2. The topological polar surface area (TPSA) is 85.3 Å². The third-order valence-corrected chi connectivity index (χ3v) is 3.67. The summed E-state index contributed by atoms with van der Waals surface area (Å²) >= 11 is 6.18. The predicted molar refractivity (Wildman–Crippen MR) is 83.6 cm³/mol. The normalized spacial score (nSPS) is 12.0. The summed E-state index contributed by atoms with van der Waals surface area (Å²) in [6.07, 6.45) is 0. The second kappa shape index (κ2) is 5.97. The van der Waals surface area contributed by atoms with Gasteiger partial charge in [0.2, 0.25) is 0 Å². The van der Waals surface area contributed by atoms with Crippen molar-refractivity contribution in [2.24, 2.45) is 0 Å². The molecule has 0 saturated carbocycles. The molecule has 0 aliphatic carbocycles. The highest BCUT2D eigenvalue weighted by Gasteiger charge is 2.19. The van der Waals surface area contributed by atoms with Crippen LogP contribution < -0.4 is 10.6 Å². The molecule has 0 aliphatic rings. The Hall–Kier alpha value is -2.34. The zero-order valence-corrected chi connectivity index (χ0v) is 12.4.